The summed E-state index contributed by atoms with van der Waals surface area (Å²) in [6.45, 7) is 0. The minimum Gasteiger partial charge on any atom is -0.474 e. The minimum atomic E-state index is 0.176. The molecule has 2 atom stereocenters. The van der Waals surface area contributed by atoms with Crippen molar-refractivity contribution in [2.45, 2.75) is 12.1 Å². The van der Waals surface area contributed by atoms with Gasteiger partial charge in [0.2, 0.25) is 0 Å². The summed E-state index contributed by atoms with van der Waals surface area (Å²) in [6, 6.07) is 0.245. The van der Waals surface area contributed by atoms with Crippen LogP contribution >= 0.6 is 0 Å². The molecule has 0 bridgehead atoms. The van der Waals surface area contributed by atoms with Crippen LogP contribution in [0.15, 0.2) is 29.3 Å². The maximum atomic E-state index is 5.13. The number of allylic oxidation sites excluding steroid dienone is 2. The fourth-order valence-corrected chi connectivity index (χ4v) is 1.01. The normalized spacial score (nSPS) is 36.4. The van der Waals surface area contributed by atoms with Crippen molar-refractivity contribution in [1.82, 2.24) is 0 Å². The Morgan fingerprint density at radius 1 is 1.22 bits per heavy atom. The van der Waals surface area contributed by atoms with Gasteiger partial charge in [-0.05, 0) is 6.08 Å². The monoisotopic (exact) mass is 121 g/mol. The topological polar surface area (TPSA) is 21.6 Å². The second-order valence-electron chi connectivity index (χ2n) is 2.12. The summed E-state index contributed by atoms with van der Waals surface area (Å²) in [5.74, 6) is 0. The summed E-state index contributed by atoms with van der Waals surface area (Å²) in [5, 5.41) is 0. The molecule has 0 radical (unpaired) electrons. The zero-order valence-electron chi connectivity index (χ0n) is 4.90. The van der Waals surface area contributed by atoms with E-state index in [1.54, 1.807) is 0 Å². The van der Waals surface area contributed by atoms with Crippen LogP contribution in [-0.2, 0) is 4.74 Å². The third-order valence-electron chi connectivity index (χ3n) is 1.51. The Kier molecular flexibility index (Phi) is 0.918. The van der Waals surface area contributed by atoms with E-state index < -0.39 is 0 Å². The number of hydrogen-bond donors (Lipinski definition) is 0. The standard InChI is InChI=1S/C7H7NO/c1-2-4-7-6(3-1)8-5-9-7/h1-7H. The minimum absolute atomic E-state index is 0.176. The lowest BCUT2D eigenvalue weighted by Crippen LogP contribution is -2.18. The Balaban J connectivity index is 2.25. The molecule has 46 valence electrons. The zero-order chi connectivity index (χ0) is 6.10. The van der Waals surface area contributed by atoms with E-state index in [1.165, 1.54) is 6.40 Å². The average molecular weight is 121 g/mol. The van der Waals surface area contributed by atoms with Crippen molar-refractivity contribution in [3.63, 3.8) is 0 Å². The first kappa shape index (κ1) is 4.79. The summed E-state index contributed by atoms with van der Waals surface area (Å²) >= 11 is 0. The third-order valence-corrected chi connectivity index (χ3v) is 1.51. The highest BCUT2D eigenvalue weighted by Crippen LogP contribution is 2.15. The average Bonchev–Trinajstić information content (AvgIpc) is 2.33. The maximum absolute atomic E-state index is 5.13. The largest absolute Gasteiger partial charge is 0.474 e. The molecule has 9 heavy (non-hydrogen) atoms. The van der Waals surface area contributed by atoms with Crippen molar-refractivity contribution in [2.75, 3.05) is 0 Å². The van der Waals surface area contributed by atoms with Crippen molar-refractivity contribution < 1.29 is 4.74 Å². The van der Waals surface area contributed by atoms with E-state index in [-0.39, 0.29) is 12.1 Å². The summed E-state index contributed by atoms with van der Waals surface area (Å²) in [5.41, 5.74) is 0. The smallest absolute Gasteiger partial charge is 0.171 e. The molecule has 0 saturated heterocycles. The predicted octanol–water partition coefficient (Wildman–Crippen LogP) is 0.908. The molecule has 1 aliphatic heterocycles. The molecule has 2 unspecified atom stereocenters. The summed E-state index contributed by atoms with van der Waals surface area (Å²) in [6.07, 6.45) is 9.72. The quantitative estimate of drug-likeness (QED) is 0.466. The van der Waals surface area contributed by atoms with E-state index in [0.717, 1.165) is 0 Å². The molecule has 0 amide bonds. The lowest BCUT2D eigenvalue weighted by molar-refractivity contribution is 0.264. The number of fused-ring (bicyclic) bond motifs is 1. The van der Waals surface area contributed by atoms with Crippen molar-refractivity contribution >= 4 is 6.40 Å². The zero-order valence-corrected chi connectivity index (χ0v) is 4.90. The second-order valence-corrected chi connectivity index (χ2v) is 2.12. The highest BCUT2D eigenvalue weighted by molar-refractivity contribution is 5.52. The van der Waals surface area contributed by atoms with Crippen molar-refractivity contribution in [3.8, 4) is 0 Å². The van der Waals surface area contributed by atoms with Crippen molar-refractivity contribution in [3.05, 3.63) is 24.3 Å². The Morgan fingerprint density at radius 3 is 3.00 bits per heavy atom. The van der Waals surface area contributed by atoms with Gasteiger partial charge in [0.25, 0.3) is 0 Å². The molecular weight excluding hydrogens is 114 g/mol. The molecule has 0 N–H and O–H groups in total. The van der Waals surface area contributed by atoms with Crippen LogP contribution in [0, 0.1) is 0 Å². The van der Waals surface area contributed by atoms with Gasteiger partial charge in [0.1, 0.15) is 12.1 Å². The molecule has 2 rings (SSSR count). The van der Waals surface area contributed by atoms with Gasteiger partial charge in [-0.15, -0.1) is 0 Å². The first-order valence-electron chi connectivity index (χ1n) is 2.99. The van der Waals surface area contributed by atoms with Crippen LogP contribution < -0.4 is 0 Å². The van der Waals surface area contributed by atoms with Crippen LogP contribution in [0.1, 0.15) is 0 Å². The molecule has 1 heterocycles. The summed E-state index contributed by atoms with van der Waals surface area (Å²) in [4.78, 5) is 4.07. The maximum Gasteiger partial charge on any atom is 0.171 e. The molecule has 0 fully saturated rings. The van der Waals surface area contributed by atoms with Crippen LogP contribution in [-0.4, -0.2) is 18.5 Å². The number of ether oxygens (including phenoxy) is 1. The van der Waals surface area contributed by atoms with Gasteiger partial charge in [-0.1, -0.05) is 18.2 Å². The number of rotatable bonds is 0. The van der Waals surface area contributed by atoms with E-state index in [9.17, 15) is 0 Å². The highest BCUT2D eigenvalue weighted by atomic mass is 16.5. The van der Waals surface area contributed by atoms with E-state index in [4.69, 9.17) is 4.74 Å². The number of aliphatic imine (C=N–C) groups is 1. The second kappa shape index (κ2) is 1.72. The number of hydrogen-bond acceptors (Lipinski definition) is 2. The summed E-state index contributed by atoms with van der Waals surface area (Å²) in [7, 11) is 0. The molecule has 2 aliphatic rings. The first-order valence-corrected chi connectivity index (χ1v) is 2.99. The van der Waals surface area contributed by atoms with E-state index >= 15 is 0 Å². The van der Waals surface area contributed by atoms with Gasteiger partial charge < -0.3 is 4.74 Å². The van der Waals surface area contributed by atoms with Gasteiger partial charge in [-0.2, -0.15) is 0 Å². The molecule has 0 spiro atoms. The van der Waals surface area contributed by atoms with E-state index in [2.05, 4.69) is 4.99 Å². The van der Waals surface area contributed by atoms with E-state index in [1.807, 2.05) is 24.3 Å². The highest BCUT2D eigenvalue weighted by Gasteiger charge is 2.21. The van der Waals surface area contributed by atoms with Crippen LogP contribution in [0.4, 0.5) is 0 Å². The lowest BCUT2D eigenvalue weighted by Gasteiger charge is -2.10. The molecule has 0 aromatic carbocycles. The fourth-order valence-electron chi connectivity index (χ4n) is 1.01. The van der Waals surface area contributed by atoms with E-state index in [0.29, 0.717) is 0 Å². The number of nitrogens with zero attached hydrogens (tertiary/aromatic N) is 1. The van der Waals surface area contributed by atoms with Gasteiger partial charge >= 0.3 is 0 Å². The third kappa shape index (κ3) is 0.669. The predicted molar refractivity (Wildman–Crippen MR) is 35.4 cm³/mol. The Labute approximate surface area is 53.5 Å². The SMILES string of the molecule is C1=CC2N=COC2C=C1. The van der Waals surface area contributed by atoms with Crippen molar-refractivity contribution in [1.29, 1.82) is 0 Å². The molecular formula is C7H7NO. The van der Waals surface area contributed by atoms with Crippen LogP contribution in [0.25, 0.3) is 0 Å². The summed E-state index contributed by atoms with van der Waals surface area (Å²) < 4.78 is 5.13. The van der Waals surface area contributed by atoms with Crippen LogP contribution in [0.3, 0.4) is 0 Å². The van der Waals surface area contributed by atoms with Gasteiger partial charge in [-0.3, -0.25) is 0 Å². The van der Waals surface area contributed by atoms with Gasteiger partial charge in [-0.25, -0.2) is 4.99 Å². The van der Waals surface area contributed by atoms with Crippen LogP contribution in [0.2, 0.25) is 0 Å². The van der Waals surface area contributed by atoms with Crippen LogP contribution in [0.5, 0.6) is 0 Å². The Bertz CT molecular complexity index is 193. The van der Waals surface area contributed by atoms with Gasteiger partial charge in [0.15, 0.2) is 6.40 Å². The fraction of sp³-hybridized carbons (Fsp3) is 0.286. The van der Waals surface area contributed by atoms with Gasteiger partial charge in [0, 0.05) is 0 Å². The van der Waals surface area contributed by atoms with Crippen molar-refractivity contribution in [2.24, 2.45) is 4.99 Å². The molecule has 0 aromatic rings. The molecule has 2 heteroatoms. The molecule has 0 aromatic heterocycles. The molecule has 1 aliphatic carbocycles. The molecule has 2 nitrogen and oxygen atoms in total. The lowest BCUT2D eigenvalue weighted by atomic mass is 10.1. The van der Waals surface area contributed by atoms with Gasteiger partial charge in [0.05, 0.1) is 0 Å². The first-order chi connectivity index (χ1) is 4.47. The Morgan fingerprint density at radius 2 is 2.11 bits per heavy atom. The Hall–Kier alpha value is -1.05. The molecule has 0 saturated carbocycles.